The molecule has 4 fully saturated rings. The Morgan fingerprint density at radius 1 is 1.04 bits per heavy atom. The fourth-order valence-electron chi connectivity index (χ4n) is 5.15. The van der Waals surface area contributed by atoms with Crippen molar-refractivity contribution in [2.24, 2.45) is 22.7 Å². The molecule has 0 radical (unpaired) electrons. The maximum Gasteiger partial charge on any atom is 0.272 e. The summed E-state index contributed by atoms with van der Waals surface area (Å²) in [7, 11) is 0. The molecule has 0 spiro atoms. The molecule has 26 heavy (non-hydrogen) atoms. The molecule has 5 nitrogen and oxygen atoms in total. The lowest BCUT2D eigenvalue weighted by molar-refractivity contribution is -0.138. The zero-order chi connectivity index (χ0) is 18.7. The van der Waals surface area contributed by atoms with Gasteiger partial charge in [-0.1, -0.05) is 33.8 Å². The van der Waals surface area contributed by atoms with E-state index in [2.05, 4.69) is 37.6 Å². The van der Waals surface area contributed by atoms with E-state index in [4.69, 9.17) is 0 Å². The van der Waals surface area contributed by atoms with E-state index in [0.717, 1.165) is 25.9 Å². The van der Waals surface area contributed by atoms with E-state index in [1.807, 2.05) is 17.0 Å². The van der Waals surface area contributed by atoms with E-state index in [1.54, 1.807) is 12.3 Å². The van der Waals surface area contributed by atoms with Crippen LogP contribution in [0.3, 0.4) is 0 Å². The first kappa shape index (κ1) is 17.5. The van der Waals surface area contributed by atoms with Gasteiger partial charge in [0.15, 0.2) is 0 Å². The van der Waals surface area contributed by atoms with Gasteiger partial charge in [0, 0.05) is 37.8 Å². The van der Waals surface area contributed by atoms with Gasteiger partial charge in [-0.15, -0.1) is 0 Å². The number of carbonyl (C=O) groups excluding carboxylic acids is 2. The van der Waals surface area contributed by atoms with Gasteiger partial charge in [0.2, 0.25) is 5.91 Å². The lowest BCUT2D eigenvalue weighted by Gasteiger charge is -2.36. The van der Waals surface area contributed by atoms with Gasteiger partial charge in [0.1, 0.15) is 5.69 Å². The average molecular weight is 355 g/mol. The summed E-state index contributed by atoms with van der Waals surface area (Å²) in [5.74, 6) is 0.746. The number of carbonyl (C=O) groups is 2. The van der Waals surface area contributed by atoms with Crippen LogP contribution in [0.4, 0.5) is 0 Å². The number of fused-ring (bicyclic) bond motifs is 4. The maximum absolute atomic E-state index is 13.3. The molecular weight excluding hydrogens is 326 g/mol. The predicted molar refractivity (Wildman–Crippen MR) is 99.4 cm³/mol. The van der Waals surface area contributed by atoms with Crippen molar-refractivity contribution >= 4 is 11.8 Å². The Kier molecular flexibility index (Phi) is 3.90. The molecule has 0 unspecified atom stereocenters. The highest BCUT2D eigenvalue weighted by Gasteiger charge is 2.69. The molecule has 0 N–H and O–H groups in total. The van der Waals surface area contributed by atoms with Crippen LogP contribution < -0.4 is 0 Å². The molecule has 2 amide bonds. The van der Waals surface area contributed by atoms with Gasteiger partial charge >= 0.3 is 0 Å². The standard InChI is InChI=1S/C21H29N3O2/c1-20(2)17(21(20,3)4)19(26)24-12-14-8-9-15(24)13-23(11-14)18(25)16-7-5-6-10-22-16/h5-7,10,14-15,17H,8-9,11-13H2,1-4H3/t14-,15+/m0/s1. The highest BCUT2D eigenvalue weighted by Crippen LogP contribution is 2.69. The highest BCUT2D eigenvalue weighted by molar-refractivity contribution is 5.92. The molecule has 1 saturated carbocycles. The van der Waals surface area contributed by atoms with Crippen LogP contribution in [-0.4, -0.2) is 52.3 Å². The van der Waals surface area contributed by atoms with Crippen molar-refractivity contribution in [1.29, 1.82) is 0 Å². The Morgan fingerprint density at radius 3 is 2.38 bits per heavy atom. The maximum atomic E-state index is 13.3. The lowest BCUT2D eigenvalue weighted by atomic mass is 9.94. The number of pyridine rings is 1. The third kappa shape index (κ3) is 2.55. The second-order valence-electron chi connectivity index (χ2n) is 9.39. The minimum Gasteiger partial charge on any atom is -0.337 e. The molecule has 140 valence electrons. The molecule has 1 aromatic rings. The molecule has 4 heterocycles. The van der Waals surface area contributed by atoms with Gasteiger partial charge in [0.05, 0.1) is 0 Å². The Morgan fingerprint density at radius 2 is 1.77 bits per heavy atom. The molecule has 5 rings (SSSR count). The number of hydrogen-bond acceptors (Lipinski definition) is 3. The summed E-state index contributed by atoms with van der Waals surface area (Å²) in [6.45, 7) is 10.9. The molecule has 3 saturated heterocycles. The second-order valence-corrected chi connectivity index (χ2v) is 9.39. The van der Waals surface area contributed by atoms with Crippen LogP contribution in [-0.2, 0) is 4.79 Å². The summed E-state index contributed by atoms with van der Waals surface area (Å²) in [5.41, 5.74) is 0.606. The summed E-state index contributed by atoms with van der Waals surface area (Å²) in [6, 6.07) is 5.58. The summed E-state index contributed by atoms with van der Waals surface area (Å²) in [4.78, 5) is 34.4. The largest absolute Gasteiger partial charge is 0.337 e. The molecule has 2 bridgehead atoms. The number of aromatic nitrogens is 1. The smallest absolute Gasteiger partial charge is 0.272 e. The van der Waals surface area contributed by atoms with E-state index in [9.17, 15) is 9.59 Å². The van der Waals surface area contributed by atoms with Crippen molar-refractivity contribution in [3.8, 4) is 0 Å². The summed E-state index contributed by atoms with van der Waals surface area (Å²) in [5, 5.41) is 0. The number of nitrogens with zero attached hydrogens (tertiary/aromatic N) is 3. The zero-order valence-corrected chi connectivity index (χ0v) is 16.2. The minimum atomic E-state index is -0.0103. The molecular formula is C21H29N3O2. The van der Waals surface area contributed by atoms with E-state index in [1.165, 1.54) is 0 Å². The molecule has 5 heteroatoms. The fourth-order valence-corrected chi connectivity index (χ4v) is 5.15. The molecule has 0 aromatic carbocycles. The molecule has 3 aliphatic heterocycles. The van der Waals surface area contributed by atoms with Crippen LogP contribution in [0.15, 0.2) is 24.4 Å². The summed E-state index contributed by atoms with van der Waals surface area (Å²) < 4.78 is 0. The monoisotopic (exact) mass is 355 g/mol. The predicted octanol–water partition coefficient (Wildman–Crippen LogP) is 2.83. The number of hydrogen-bond donors (Lipinski definition) is 0. The Balaban J connectivity index is 1.52. The van der Waals surface area contributed by atoms with E-state index in [0.29, 0.717) is 24.1 Å². The minimum absolute atomic E-state index is 0.0103. The van der Waals surface area contributed by atoms with Crippen molar-refractivity contribution in [2.75, 3.05) is 19.6 Å². The van der Waals surface area contributed by atoms with E-state index < -0.39 is 0 Å². The topological polar surface area (TPSA) is 53.5 Å². The van der Waals surface area contributed by atoms with Crippen molar-refractivity contribution in [1.82, 2.24) is 14.8 Å². The molecule has 4 aliphatic rings. The third-order valence-corrected chi connectivity index (χ3v) is 7.44. The van der Waals surface area contributed by atoms with Gasteiger partial charge in [0.25, 0.3) is 5.91 Å². The summed E-state index contributed by atoms with van der Waals surface area (Å²) in [6.07, 6.45) is 3.75. The van der Waals surface area contributed by atoms with Crippen molar-refractivity contribution in [3.63, 3.8) is 0 Å². The zero-order valence-electron chi connectivity index (χ0n) is 16.2. The second kappa shape index (κ2) is 5.80. The Bertz CT molecular complexity index is 714. The van der Waals surface area contributed by atoms with Crippen molar-refractivity contribution < 1.29 is 9.59 Å². The van der Waals surface area contributed by atoms with Crippen LogP contribution in [0.25, 0.3) is 0 Å². The first-order chi connectivity index (χ1) is 12.2. The normalized spacial score (nSPS) is 29.4. The quantitative estimate of drug-likeness (QED) is 0.820. The first-order valence-electron chi connectivity index (χ1n) is 9.74. The molecule has 2 atom stereocenters. The Labute approximate surface area is 155 Å². The van der Waals surface area contributed by atoms with Crippen molar-refractivity contribution in [2.45, 2.75) is 46.6 Å². The lowest BCUT2D eigenvalue weighted by Crippen LogP contribution is -2.49. The number of piperidine rings is 1. The first-order valence-corrected chi connectivity index (χ1v) is 9.74. The van der Waals surface area contributed by atoms with Gasteiger partial charge in [-0.3, -0.25) is 14.6 Å². The van der Waals surface area contributed by atoms with Crippen LogP contribution in [0.1, 0.15) is 51.0 Å². The summed E-state index contributed by atoms with van der Waals surface area (Å²) >= 11 is 0. The van der Waals surface area contributed by atoms with Gasteiger partial charge in [-0.05, 0) is 41.7 Å². The molecule has 1 aromatic heterocycles. The SMILES string of the molecule is CC1(C)C(C(=O)N2C[C@H]3CC[C@@H]2CN(C(=O)c2ccccn2)C3)C1(C)C. The third-order valence-electron chi connectivity index (χ3n) is 7.44. The number of amides is 2. The highest BCUT2D eigenvalue weighted by atomic mass is 16.2. The van der Waals surface area contributed by atoms with Gasteiger partial charge in [-0.25, -0.2) is 0 Å². The van der Waals surface area contributed by atoms with Crippen LogP contribution in [0.5, 0.6) is 0 Å². The fraction of sp³-hybridized carbons (Fsp3) is 0.667. The number of rotatable bonds is 2. The van der Waals surface area contributed by atoms with Crippen LogP contribution in [0.2, 0.25) is 0 Å². The van der Waals surface area contributed by atoms with E-state index >= 15 is 0 Å². The van der Waals surface area contributed by atoms with Crippen LogP contribution in [0, 0.1) is 22.7 Å². The van der Waals surface area contributed by atoms with Gasteiger partial charge in [-0.2, -0.15) is 0 Å². The average Bonchev–Trinajstić information content (AvgIpc) is 3.19. The van der Waals surface area contributed by atoms with Gasteiger partial charge < -0.3 is 9.80 Å². The van der Waals surface area contributed by atoms with Crippen molar-refractivity contribution in [3.05, 3.63) is 30.1 Å². The molecule has 1 aliphatic carbocycles. The Hall–Kier alpha value is -1.91. The van der Waals surface area contributed by atoms with Crippen LogP contribution >= 0.6 is 0 Å². The van der Waals surface area contributed by atoms with E-state index in [-0.39, 0.29) is 28.7 Å².